The van der Waals surface area contributed by atoms with Gasteiger partial charge in [0.15, 0.2) is 0 Å². The Labute approximate surface area is 118 Å². The molecule has 0 heterocycles. The molecule has 0 aliphatic carbocycles. The Bertz CT molecular complexity index is 600. The lowest BCUT2D eigenvalue weighted by Gasteiger charge is -2.06. The third-order valence-corrected chi connectivity index (χ3v) is 2.85. The highest BCUT2D eigenvalue weighted by Crippen LogP contribution is 2.23. The second kappa shape index (κ2) is 6.57. The first-order chi connectivity index (χ1) is 9.74. The quantitative estimate of drug-likeness (QED) is 0.612. The van der Waals surface area contributed by atoms with E-state index in [1.54, 1.807) is 19.3 Å². The standard InChI is InChI=1S/C17H16O3/c1-3-11-20-17(18)15-6-4-5-14(12-15)13-7-9-16(19-2)10-8-13/h3-10,12H,1,11H2,2H3. The second-order valence-electron chi connectivity index (χ2n) is 4.20. The van der Waals surface area contributed by atoms with E-state index < -0.39 is 0 Å². The van der Waals surface area contributed by atoms with Crippen LogP contribution in [0.1, 0.15) is 10.4 Å². The van der Waals surface area contributed by atoms with Crippen LogP contribution >= 0.6 is 0 Å². The maximum absolute atomic E-state index is 11.8. The van der Waals surface area contributed by atoms with Gasteiger partial charge in [0.2, 0.25) is 0 Å². The summed E-state index contributed by atoms with van der Waals surface area (Å²) in [6, 6.07) is 15.0. The molecule has 0 unspecified atom stereocenters. The van der Waals surface area contributed by atoms with Gasteiger partial charge in [-0.3, -0.25) is 0 Å². The minimum Gasteiger partial charge on any atom is -0.497 e. The average Bonchev–Trinajstić information content (AvgIpc) is 2.52. The molecule has 20 heavy (non-hydrogen) atoms. The maximum Gasteiger partial charge on any atom is 0.338 e. The summed E-state index contributed by atoms with van der Waals surface area (Å²) < 4.78 is 10.2. The number of hydrogen-bond acceptors (Lipinski definition) is 3. The van der Waals surface area contributed by atoms with Crippen LogP contribution < -0.4 is 4.74 Å². The molecule has 0 amide bonds. The van der Waals surface area contributed by atoms with Crippen molar-refractivity contribution in [2.75, 3.05) is 13.7 Å². The first-order valence-corrected chi connectivity index (χ1v) is 6.27. The number of esters is 1. The first kappa shape index (κ1) is 13.9. The van der Waals surface area contributed by atoms with E-state index in [9.17, 15) is 4.79 Å². The van der Waals surface area contributed by atoms with Gasteiger partial charge in [-0.2, -0.15) is 0 Å². The average molecular weight is 268 g/mol. The molecule has 3 nitrogen and oxygen atoms in total. The first-order valence-electron chi connectivity index (χ1n) is 6.27. The fourth-order valence-electron chi connectivity index (χ4n) is 1.83. The Balaban J connectivity index is 2.24. The second-order valence-corrected chi connectivity index (χ2v) is 4.20. The molecule has 0 N–H and O–H groups in total. The lowest BCUT2D eigenvalue weighted by Crippen LogP contribution is -2.04. The zero-order valence-electron chi connectivity index (χ0n) is 11.3. The van der Waals surface area contributed by atoms with Crippen LogP contribution in [0.25, 0.3) is 11.1 Å². The zero-order valence-corrected chi connectivity index (χ0v) is 11.3. The summed E-state index contributed by atoms with van der Waals surface area (Å²) in [5.74, 6) is 0.454. The number of benzene rings is 2. The van der Waals surface area contributed by atoms with Crippen LogP contribution in [-0.2, 0) is 4.74 Å². The Morgan fingerprint density at radius 2 is 1.90 bits per heavy atom. The van der Waals surface area contributed by atoms with Gasteiger partial charge in [0.05, 0.1) is 12.7 Å². The summed E-state index contributed by atoms with van der Waals surface area (Å²) in [5.41, 5.74) is 2.50. The molecule has 2 aromatic carbocycles. The van der Waals surface area contributed by atoms with Crippen molar-refractivity contribution in [1.82, 2.24) is 0 Å². The van der Waals surface area contributed by atoms with Gasteiger partial charge >= 0.3 is 5.97 Å². The fraction of sp³-hybridized carbons (Fsp3) is 0.118. The zero-order chi connectivity index (χ0) is 14.4. The maximum atomic E-state index is 11.8. The lowest BCUT2D eigenvalue weighted by molar-refractivity contribution is 0.0550. The van der Waals surface area contributed by atoms with E-state index in [1.165, 1.54) is 0 Å². The van der Waals surface area contributed by atoms with Gasteiger partial charge in [0.25, 0.3) is 0 Å². The highest BCUT2D eigenvalue weighted by molar-refractivity contribution is 5.91. The molecular formula is C17H16O3. The van der Waals surface area contributed by atoms with Gasteiger partial charge in [0, 0.05) is 0 Å². The van der Waals surface area contributed by atoms with Crippen LogP contribution in [0.3, 0.4) is 0 Å². The molecule has 0 aliphatic heterocycles. The highest BCUT2D eigenvalue weighted by Gasteiger charge is 2.07. The largest absolute Gasteiger partial charge is 0.497 e. The van der Waals surface area contributed by atoms with Crippen LogP contribution in [-0.4, -0.2) is 19.7 Å². The topological polar surface area (TPSA) is 35.5 Å². The molecule has 0 atom stereocenters. The number of carbonyl (C=O) groups excluding carboxylic acids is 1. The van der Waals surface area contributed by atoms with Crippen molar-refractivity contribution >= 4 is 5.97 Å². The summed E-state index contributed by atoms with van der Waals surface area (Å²) >= 11 is 0. The molecule has 0 aliphatic rings. The minimum absolute atomic E-state index is 0.214. The summed E-state index contributed by atoms with van der Waals surface area (Å²) in [6.07, 6.45) is 1.55. The number of hydrogen-bond donors (Lipinski definition) is 0. The predicted molar refractivity (Wildman–Crippen MR) is 78.9 cm³/mol. The van der Waals surface area contributed by atoms with Crippen molar-refractivity contribution in [3.05, 3.63) is 66.7 Å². The third kappa shape index (κ3) is 3.26. The van der Waals surface area contributed by atoms with Crippen molar-refractivity contribution in [2.45, 2.75) is 0 Å². The summed E-state index contributed by atoms with van der Waals surface area (Å²) in [7, 11) is 1.63. The monoisotopic (exact) mass is 268 g/mol. The van der Waals surface area contributed by atoms with Crippen LogP contribution in [0.2, 0.25) is 0 Å². The Kier molecular flexibility index (Phi) is 4.56. The molecular weight excluding hydrogens is 252 g/mol. The van der Waals surface area contributed by atoms with Crippen molar-refractivity contribution in [2.24, 2.45) is 0 Å². The van der Waals surface area contributed by atoms with E-state index in [1.807, 2.05) is 42.5 Å². The number of methoxy groups -OCH3 is 1. The van der Waals surface area contributed by atoms with Crippen LogP contribution in [0.15, 0.2) is 61.2 Å². The van der Waals surface area contributed by atoms with Gasteiger partial charge in [-0.05, 0) is 35.4 Å². The van der Waals surface area contributed by atoms with Crippen LogP contribution in [0.5, 0.6) is 5.75 Å². The number of rotatable bonds is 5. The molecule has 0 saturated carbocycles. The summed E-state index contributed by atoms with van der Waals surface area (Å²) in [4.78, 5) is 11.8. The molecule has 2 rings (SSSR count). The van der Waals surface area contributed by atoms with Gasteiger partial charge in [0.1, 0.15) is 12.4 Å². The fourth-order valence-corrected chi connectivity index (χ4v) is 1.83. The van der Waals surface area contributed by atoms with Crippen molar-refractivity contribution in [3.63, 3.8) is 0 Å². The van der Waals surface area contributed by atoms with Crippen LogP contribution in [0, 0.1) is 0 Å². The van der Waals surface area contributed by atoms with Gasteiger partial charge in [-0.25, -0.2) is 4.79 Å². The summed E-state index contributed by atoms with van der Waals surface area (Å²) in [5, 5.41) is 0. The molecule has 3 heteroatoms. The molecule has 0 bridgehead atoms. The smallest absolute Gasteiger partial charge is 0.338 e. The molecule has 0 saturated heterocycles. The van der Waals surface area contributed by atoms with E-state index in [0.29, 0.717) is 5.56 Å². The van der Waals surface area contributed by atoms with Crippen molar-refractivity contribution < 1.29 is 14.3 Å². The number of ether oxygens (including phenoxy) is 2. The molecule has 102 valence electrons. The van der Waals surface area contributed by atoms with Crippen molar-refractivity contribution in [1.29, 1.82) is 0 Å². The molecule has 0 spiro atoms. The predicted octanol–water partition coefficient (Wildman–Crippen LogP) is 3.71. The van der Waals surface area contributed by atoms with E-state index >= 15 is 0 Å². The highest BCUT2D eigenvalue weighted by atomic mass is 16.5. The van der Waals surface area contributed by atoms with Crippen LogP contribution in [0.4, 0.5) is 0 Å². The molecule has 0 aromatic heterocycles. The molecule has 0 radical (unpaired) electrons. The van der Waals surface area contributed by atoms with E-state index in [-0.39, 0.29) is 12.6 Å². The molecule has 2 aromatic rings. The number of carbonyl (C=O) groups is 1. The van der Waals surface area contributed by atoms with E-state index in [0.717, 1.165) is 16.9 Å². The lowest BCUT2D eigenvalue weighted by atomic mass is 10.0. The van der Waals surface area contributed by atoms with Gasteiger partial charge < -0.3 is 9.47 Å². The Hall–Kier alpha value is -2.55. The van der Waals surface area contributed by atoms with Gasteiger partial charge in [-0.15, -0.1) is 0 Å². The Morgan fingerprint density at radius 3 is 2.55 bits per heavy atom. The molecule has 0 fully saturated rings. The van der Waals surface area contributed by atoms with E-state index in [4.69, 9.17) is 9.47 Å². The van der Waals surface area contributed by atoms with E-state index in [2.05, 4.69) is 6.58 Å². The normalized spacial score (nSPS) is 9.85. The Morgan fingerprint density at radius 1 is 1.15 bits per heavy atom. The summed E-state index contributed by atoms with van der Waals surface area (Å²) in [6.45, 7) is 3.73. The van der Waals surface area contributed by atoms with Gasteiger partial charge in [-0.1, -0.05) is 36.9 Å². The minimum atomic E-state index is -0.347. The third-order valence-electron chi connectivity index (χ3n) is 2.85. The van der Waals surface area contributed by atoms with Crippen molar-refractivity contribution in [3.8, 4) is 16.9 Å². The SMILES string of the molecule is C=CCOC(=O)c1cccc(-c2ccc(OC)cc2)c1.